The van der Waals surface area contributed by atoms with Gasteiger partial charge in [0, 0.05) is 11.4 Å². The lowest BCUT2D eigenvalue weighted by molar-refractivity contribution is 0.0683. The smallest absolute Gasteiger partial charge is 0.374 e. The third kappa shape index (κ3) is 3.62. The van der Waals surface area contributed by atoms with Crippen LogP contribution in [0.15, 0.2) is 66.9 Å². The van der Waals surface area contributed by atoms with Crippen LogP contribution in [0, 0.1) is 0 Å². The van der Waals surface area contributed by atoms with E-state index < -0.39 is 5.97 Å². The molecule has 3 N–H and O–H groups in total. The number of nitrogens with one attached hydrogen (secondary N) is 2. The predicted octanol–water partition coefficient (Wildman–Crippen LogP) is 3.66. The predicted molar refractivity (Wildman–Crippen MR) is 88.4 cm³/mol. The molecule has 0 atom stereocenters. The number of nitrogens with zero attached hydrogens (tertiary/aromatic N) is 2. The second-order valence-electron chi connectivity index (χ2n) is 4.74. The third-order valence-corrected chi connectivity index (χ3v) is 3.07. The summed E-state index contributed by atoms with van der Waals surface area (Å²) in [6, 6.07) is 18.9. The van der Waals surface area contributed by atoms with Gasteiger partial charge in [0.05, 0.1) is 6.20 Å². The summed E-state index contributed by atoms with van der Waals surface area (Å²) in [5.74, 6) is -1.04. The van der Waals surface area contributed by atoms with Gasteiger partial charge in [0.25, 0.3) is 0 Å². The maximum Gasteiger partial charge on any atom is 0.374 e. The monoisotopic (exact) mass is 306 g/mol. The second kappa shape index (κ2) is 6.57. The van der Waals surface area contributed by atoms with E-state index in [1.54, 1.807) is 0 Å². The number of anilines is 4. The van der Waals surface area contributed by atoms with E-state index >= 15 is 0 Å². The first-order valence-corrected chi connectivity index (χ1v) is 6.97. The molecule has 6 nitrogen and oxygen atoms in total. The van der Waals surface area contributed by atoms with Crippen molar-refractivity contribution in [2.45, 2.75) is 0 Å². The zero-order chi connectivity index (χ0) is 16.1. The van der Waals surface area contributed by atoms with Gasteiger partial charge in [0.2, 0.25) is 5.82 Å². The lowest BCUT2D eigenvalue weighted by Gasteiger charge is -2.13. The summed E-state index contributed by atoms with van der Waals surface area (Å²) in [4.78, 5) is 19.0. The molecule has 23 heavy (non-hydrogen) atoms. The molecule has 0 aliphatic carbocycles. The molecule has 0 saturated heterocycles. The molecule has 0 unspecified atom stereocenters. The van der Waals surface area contributed by atoms with Gasteiger partial charge in [-0.25, -0.2) is 14.8 Å². The normalized spacial score (nSPS) is 10.1. The van der Waals surface area contributed by atoms with Crippen molar-refractivity contribution in [1.29, 1.82) is 0 Å². The topological polar surface area (TPSA) is 87.1 Å². The van der Waals surface area contributed by atoms with E-state index in [1.807, 2.05) is 60.7 Å². The van der Waals surface area contributed by atoms with Crippen molar-refractivity contribution in [3.63, 3.8) is 0 Å². The van der Waals surface area contributed by atoms with E-state index in [0.717, 1.165) is 11.4 Å². The average Bonchev–Trinajstić information content (AvgIpc) is 2.58. The molecule has 1 heterocycles. The maximum absolute atomic E-state index is 11.1. The fraction of sp³-hybridized carbons (Fsp3) is 0. The van der Waals surface area contributed by atoms with Crippen molar-refractivity contribution in [1.82, 2.24) is 9.97 Å². The number of hydrogen-bond donors (Lipinski definition) is 3. The molecule has 1 aromatic heterocycles. The Morgan fingerprint density at radius 3 is 2.00 bits per heavy atom. The minimum atomic E-state index is -1.17. The largest absolute Gasteiger partial charge is 0.475 e. The van der Waals surface area contributed by atoms with Crippen molar-refractivity contribution < 1.29 is 9.90 Å². The number of para-hydroxylation sites is 2. The lowest BCUT2D eigenvalue weighted by atomic mass is 10.3. The molecule has 0 radical (unpaired) electrons. The van der Waals surface area contributed by atoms with Crippen molar-refractivity contribution in [2.24, 2.45) is 0 Å². The van der Waals surface area contributed by atoms with Crippen LogP contribution in [0.2, 0.25) is 0 Å². The highest BCUT2D eigenvalue weighted by Gasteiger charge is 2.12. The Morgan fingerprint density at radius 1 is 0.870 bits per heavy atom. The van der Waals surface area contributed by atoms with Crippen LogP contribution in [-0.2, 0) is 0 Å². The van der Waals surface area contributed by atoms with Crippen molar-refractivity contribution >= 4 is 28.8 Å². The van der Waals surface area contributed by atoms with Gasteiger partial charge in [-0.15, -0.1) is 0 Å². The first-order chi connectivity index (χ1) is 11.2. The van der Waals surface area contributed by atoms with Gasteiger partial charge >= 0.3 is 5.97 Å². The van der Waals surface area contributed by atoms with Crippen LogP contribution >= 0.6 is 0 Å². The molecule has 2 aromatic carbocycles. The highest BCUT2D eigenvalue weighted by Crippen LogP contribution is 2.25. The SMILES string of the molecule is O=C(O)c1ncc(Nc2ccccc2)c(Nc2ccccc2)n1. The fourth-order valence-electron chi connectivity index (χ4n) is 2.01. The van der Waals surface area contributed by atoms with Gasteiger partial charge in [-0.1, -0.05) is 36.4 Å². The Balaban J connectivity index is 1.95. The van der Waals surface area contributed by atoms with Gasteiger partial charge in [-0.05, 0) is 24.3 Å². The molecule has 3 rings (SSSR count). The Morgan fingerprint density at radius 2 is 1.43 bits per heavy atom. The van der Waals surface area contributed by atoms with Gasteiger partial charge in [-0.3, -0.25) is 0 Å². The number of benzene rings is 2. The quantitative estimate of drug-likeness (QED) is 0.667. The molecule has 0 amide bonds. The number of carboxylic acids is 1. The van der Waals surface area contributed by atoms with Crippen LogP contribution in [0.5, 0.6) is 0 Å². The molecular formula is C17H14N4O2. The highest BCUT2D eigenvalue weighted by atomic mass is 16.4. The van der Waals surface area contributed by atoms with Gasteiger partial charge in [0.1, 0.15) is 5.69 Å². The second-order valence-corrected chi connectivity index (χ2v) is 4.74. The first-order valence-electron chi connectivity index (χ1n) is 6.97. The summed E-state index contributed by atoms with van der Waals surface area (Å²) < 4.78 is 0. The summed E-state index contributed by atoms with van der Waals surface area (Å²) in [5, 5.41) is 15.4. The number of hydrogen-bond acceptors (Lipinski definition) is 5. The van der Waals surface area contributed by atoms with E-state index in [1.165, 1.54) is 6.20 Å². The fourth-order valence-corrected chi connectivity index (χ4v) is 2.01. The molecule has 0 aliphatic heterocycles. The lowest BCUT2D eigenvalue weighted by Crippen LogP contribution is -2.08. The molecule has 0 saturated carbocycles. The number of carboxylic acid groups (broad SMARTS) is 1. The molecule has 6 heteroatoms. The summed E-state index contributed by atoms with van der Waals surface area (Å²) in [5.41, 5.74) is 2.25. The number of carbonyl (C=O) groups is 1. The highest BCUT2D eigenvalue weighted by molar-refractivity contribution is 5.85. The average molecular weight is 306 g/mol. The minimum absolute atomic E-state index is 0.262. The summed E-state index contributed by atoms with van der Waals surface area (Å²) >= 11 is 0. The zero-order valence-corrected chi connectivity index (χ0v) is 12.1. The zero-order valence-electron chi connectivity index (χ0n) is 12.1. The molecule has 114 valence electrons. The van der Waals surface area contributed by atoms with E-state index in [4.69, 9.17) is 5.11 Å². The van der Waals surface area contributed by atoms with E-state index in [2.05, 4.69) is 20.6 Å². The molecule has 0 spiro atoms. The maximum atomic E-state index is 11.1. The number of rotatable bonds is 5. The Kier molecular flexibility index (Phi) is 4.15. The summed E-state index contributed by atoms with van der Waals surface area (Å²) in [6.07, 6.45) is 1.45. The van der Waals surface area contributed by atoms with Crippen LogP contribution < -0.4 is 10.6 Å². The van der Waals surface area contributed by atoms with Crippen LogP contribution in [0.25, 0.3) is 0 Å². The Labute approximate surface area is 132 Å². The van der Waals surface area contributed by atoms with E-state index in [-0.39, 0.29) is 5.82 Å². The third-order valence-electron chi connectivity index (χ3n) is 3.07. The summed E-state index contributed by atoms with van der Waals surface area (Å²) in [6.45, 7) is 0. The Hall–Kier alpha value is -3.41. The molecule has 0 aliphatic rings. The minimum Gasteiger partial charge on any atom is -0.475 e. The van der Waals surface area contributed by atoms with Crippen LogP contribution in [-0.4, -0.2) is 21.0 Å². The Bertz CT molecular complexity index is 807. The molecular weight excluding hydrogens is 292 g/mol. The van der Waals surface area contributed by atoms with Crippen molar-refractivity contribution in [3.8, 4) is 0 Å². The number of aromatic nitrogens is 2. The van der Waals surface area contributed by atoms with Crippen LogP contribution in [0.4, 0.5) is 22.9 Å². The van der Waals surface area contributed by atoms with Crippen LogP contribution in [0.3, 0.4) is 0 Å². The van der Waals surface area contributed by atoms with Gasteiger partial charge in [0.15, 0.2) is 5.82 Å². The van der Waals surface area contributed by atoms with Crippen molar-refractivity contribution in [2.75, 3.05) is 10.6 Å². The van der Waals surface area contributed by atoms with Crippen LogP contribution in [0.1, 0.15) is 10.6 Å². The standard InChI is InChI=1S/C17H14N4O2/c22-17(23)16-18-11-14(19-12-7-3-1-4-8-12)15(21-16)20-13-9-5-2-6-10-13/h1-11,19H,(H,22,23)(H,18,20,21). The van der Waals surface area contributed by atoms with Gasteiger partial charge in [-0.2, -0.15) is 0 Å². The van der Waals surface area contributed by atoms with Gasteiger partial charge < -0.3 is 15.7 Å². The molecule has 0 fully saturated rings. The summed E-state index contributed by atoms with van der Waals surface area (Å²) in [7, 11) is 0. The van der Waals surface area contributed by atoms with E-state index in [0.29, 0.717) is 11.5 Å². The molecule has 0 bridgehead atoms. The van der Waals surface area contributed by atoms with E-state index in [9.17, 15) is 4.79 Å². The molecule has 3 aromatic rings. The van der Waals surface area contributed by atoms with Crippen molar-refractivity contribution in [3.05, 3.63) is 72.7 Å². The number of aromatic carboxylic acids is 1. The first kappa shape index (κ1) is 14.5.